The molecule has 0 unspecified atom stereocenters. The zero-order valence-corrected chi connectivity index (χ0v) is 17.9. The molecule has 8 nitrogen and oxygen atoms in total. The maximum Gasteiger partial charge on any atom is 0.251 e. The van der Waals surface area contributed by atoms with Gasteiger partial charge >= 0.3 is 0 Å². The van der Waals surface area contributed by atoms with Crippen LogP contribution < -0.4 is 19.7 Å². The van der Waals surface area contributed by atoms with Crippen LogP contribution in [0.2, 0.25) is 0 Å². The molecule has 164 valence electrons. The molecule has 0 atom stereocenters. The van der Waals surface area contributed by atoms with Gasteiger partial charge in [-0.15, -0.1) is 0 Å². The van der Waals surface area contributed by atoms with E-state index < -0.39 is 5.79 Å². The quantitative estimate of drug-likeness (QED) is 0.731. The van der Waals surface area contributed by atoms with Crippen LogP contribution in [0.15, 0.2) is 36.4 Å². The number of likely N-dealkylation sites (N-methyl/N-ethyl adjacent to an activating group) is 1. The molecule has 1 fully saturated rings. The first kappa shape index (κ1) is 21.1. The van der Waals surface area contributed by atoms with Crippen molar-refractivity contribution in [3.05, 3.63) is 53.1 Å². The Bertz CT molecular complexity index is 1000. The van der Waals surface area contributed by atoms with Crippen LogP contribution >= 0.6 is 0 Å². The van der Waals surface area contributed by atoms with Gasteiger partial charge in [0.2, 0.25) is 5.91 Å². The molecule has 4 rings (SSSR count). The molecule has 0 aromatic heterocycles. The fourth-order valence-electron chi connectivity index (χ4n) is 4.04. The van der Waals surface area contributed by atoms with Crippen LogP contribution in [0.4, 0.5) is 5.69 Å². The molecule has 2 aliphatic heterocycles. The SMILES string of the molecule is COc1ccc(C(=O)NCCC2(c3ccc4c(c3)CC(=O)N4C)OCCO2)cc1OC. The van der Waals surface area contributed by atoms with Crippen molar-refractivity contribution in [3.63, 3.8) is 0 Å². The summed E-state index contributed by atoms with van der Waals surface area (Å²) in [7, 11) is 4.85. The summed E-state index contributed by atoms with van der Waals surface area (Å²) in [4.78, 5) is 26.3. The van der Waals surface area contributed by atoms with Gasteiger partial charge in [0.15, 0.2) is 17.3 Å². The fraction of sp³-hybridized carbons (Fsp3) is 0.391. The molecule has 0 spiro atoms. The van der Waals surface area contributed by atoms with Crippen LogP contribution in [-0.4, -0.2) is 52.8 Å². The van der Waals surface area contributed by atoms with E-state index in [1.165, 1.54) is 7.11 Å². The highest BCUT2D eigenvalue weighted by Crippen LogP contribution is 2.38. The van der Waals surface area contributed by atoms with Crippen LogP contribution in [0.1, 0.15) is 27.9 Å². The molecular weight excluding hydrogens is 400 g/mol. The van der Waals surface area contributed by atoms with Crippen LogP contribution in [0.3, 0.4) is 0 Å². The van der Waals surface area contributed by atoms with E-state index >= 15 is 0 Å². The summed E-state index contributed by atoms with van der Waals surface area (Å²) in [5, 5.41) is 2.92. The molecular formula is C23H26N2O6. The molecule has 31 heavy (non-hydrogen) atoms. The second-order valence-corrected chi connectivity index (χ2v) is 7.50. The number of ether oxygens (including phenoxy) is 4. The predicted molar refractivity (Wildman–Crippen MR) is 114 cm³/mol. The summed E-state index contributed by atoms with van der Waals surface area (Å²) in [6, 6.07) is 10.8. The van der Waals surface area contributed by atoms with Gasteiger partial charge in [0.1, 0.15) is 0 Å². The number of nitrogens with zero attached hydrogens (tertiary/aromatic N) is 1. The van der Waals surface area contributed by atoms with Gasteiger partial charge in [-0.25, -0.2) is 0 Å². The van der Waals surface area contributed by atoms with Crippen molar-refractivity contribution in [2.45, 2.75) is 18.6 Å². The van der Waals surface area contributed by atoms with Crippen LogP contribution in [-0.2, 0) is 26.5 Å². The molecule has 0 bridgehead atoms. The van der Waals surface area contributed by atoms with Gasteiger partial charge in [0.25, 0.3) is 5.91 Å². The number of hydrogen-bond acceptors (Lipinski definition) is 6. The minimum atomic E-state index is -0.940. The van der Waals surface area contributed by atoms with E-state index in [2.05, 4.69) is 5.32 Å². The number of amides is 2. The van der Waals surface area contributed by atoms with Gasteiger partial charge in [-0.2, -0.15) is 0 Å². The van der Waals surface area contributed by atoms with Crippen LogP contribution in [0.25, 0.3) is 0 Å². The number of anilines is 1. The van der Waals surface area contributed by atoms with Crippen molar-refractivity contribution in [2.75, 3.05) is 45.9 Å². The Kier molecular flexibility index (Phi) is 5.84. The predicted octanol–water partition coefficient (Wildman–Crippen LogP) is 2.24. The lowest BCUT2D eigenvalue weighted by molar-refractivity contribution is -0.169. The van der Waals surface area contributed by atoms with E-state index in [1.54, 1.807) is 37.3 Å². The molecule has 2 aromatic rings. The van der Waals surface area contributed by atoms with Crippen molar-refractivity contribution in [1.29, 1.82) is 0 Å². The van der Waals surface area contributed by atoms with Gasteiger partial charge in [0.05, 0.1) is 33.9 Å². The zero-order valence-electron chi connectivity index (χ0n) is 17.9. The van der Waals surface area contributed by atoms with Gasteiger partial charge in [-0.1, -0.05) is 6.07 Å². The Balaban J connectivity index is 1.46. The van der Waals surface area contributed by atoms with Crippen LogP contribution in [0.5, 0.6) is 11.5 Å². The summed E-state index contributed by atoms with van der Waals surface area (Å²) < 4.78 is 22.5. The van der Waals surface area contributed by atoms with Crippen molar-refractivity contribution in [2.24, 2.45) is 0 Å². The lowest BCUT2D eigenvalue weighted by Crippen LogP contribution is -2.34. The summed E-state index contributed by atoms with van der Waals surface area (Å²) in [6.07, 6.45) is 0.806. The summed E-state index contributed by atoms with van der Waals surface area (Å²) in [5.74, 6) is -0.0467. The number of carbonyl (C=O) groups is 2. The normalized spacial score (nSPS) is 16.9. The number of benzene rings is 2. The molecule has 0 saturated carbocycles. The van der Waals surface area contributed by atoms with Crippen molar-refractivity contribution >= 4 is 17.5 Å². The van der Waals surface area contributed by atoms with E-state index in [9.17, 15) is 9.59 Å². The highest BCUT2D eigenvalue weighted by atomic mass is 16.7. The lowest BCUT2D eigenvalue weighted by Gasteiger charge is -2.28. The van der Waals surface area contributed by atoms with Gasteiger partial charge in [-0.05, 0) is 35.9 Å². The Morgan fingerprint density at radius 1 is 1.10 bits per heavy atom. The molecule has 1 saturated heterocycles. The minimum Gasteiger partial charge on any atom is -0.493 e. The fourth-order valence-corrected chi connectivity index (χ4v) is 4.04. The molecule has 2 aromatic carbocycles. The average Bonchev–Trinajstić information content (AvgIpc) is 3.38. The van der Waals surface area contributed by atoms with Crippen molar-refractivity contribution in [1.82, 2.24) is 5.32 Å². The molecule has 8 heteroatoms. The number of nitrogens with one attached hydrogen (secondary N) is 1. The molecule has 2 amide bonds. The second kappa shape index (κ2) is 8.56. The smallest absolute Gasteiger partial charge is 0.251 e. The topological polar surface area (TPSA) is 86.3 Å². The monoisotopic (exact) mass is 426 g/mol. The highest BCUT2D eigenvalue weighted by molar-refractivity contribution is 6.01. The first-order valence-electron chi connectivity index (χ1n) is 10.2. The lowest BCUT2D eigenvalue weighted by atomic mass is 9.98. The third kappa shape index (κ3) is 3.96. The van der Waals surface area contributed by atoms with E-state index in [1.807, 2.05) is 18.2 Å². The third-order valence-corrected chi connectivity index (χ3v) is 5.74. The molecule has 0 radical (unpaired) electrons. The average molecular weight is 426 g/mol. The summed E-state index contributed by atoms with van der Waals surface area (Å²) in [6.45, 7) is 1.29. The van der Waals surface area contributed by atoms with Gasteiger partial charge < -0.3 is 29.2 Å². The Labute approximate surface area is 181 Å². The number of carbonyl (C=O) groups excluding carboxylic acids is 2. The third-order valence-electron chi connectivity index (χ3n) is 5.74. The van der Waals surface area contributed by atoms with E-state index in [-0.39, 0.29) is 11.8 Å². The molecule has 1 N–H and O–H groups in total. The summed E-state index contributed by atoms with van der Waals surface area (Å²) in [5.41, 5.74) is 3.19. The minimum absolute atomic E-state index is 0.0663. The maximum absolute atomic E-state index is 12.6. The highest BCUT2D eigenvalue weighted by Gasteiger charge is 2.39. The van der Waals surface area contributed by atoms with Crippen molar-refractivity contribution < 1.29 is 28.5 Å². The van der Waals surface area contributed by atoms with Gasteiger partial charge in [0, 0.05) is 36.8 Å². The first-order valence-corrected chi connectivity index (χ1v) is 10.2. The van der Waals surface area contributed by atoms with E-state index in [4.69, 9.17) is 18.9 Å². The zero-order chi connectivity index (χ0) is 22.0. The second-order valence-electron chi connectivity index (χ2n) is 7.50. The Morgan fingerprint density at radius 2 is 1.84 bits per heavy atom. The van der Waals surface area contributed by atoms with Crippen molar-refractivity contribution in [3.8, 4) is 11.5 Å². The summed E-state index contributed by atoms with van der Waals surface area (Å²) >= 11 is 0. The Hall–Kier alpha value is -3.10. The first-order chi connectivity index (χ1) is 15.0. The number of hydrogen-bond donors (Lipinski definition) is 1. The molecule has 2 heterocycles. The standard InChI is InChI=1S/C23H26N2O6/c1-25-18-6-5-17(12-16(18)14-21(25)26)23(30-10-11-31-23)8-9-24-22(27)15-4-7-19(28-2)20(13-15)29-3/h4-7,12-13H,8-11,14H2,1-3H3,(H,24,27). The largest absolute Gasteiger partial charge is 0.493 e. The number of rotatable bonds is 7. The molecule has 0 aliphatic carbocycles. The molecule has 2 aliphatic rings. The number of fused-ring (bicyclic) bond motifs is 1. The number of methoxy groups -OCH3 is 2. The van der Waals surface area contributed by atoms with E-state index in [0.29, 0.717) is 49.7 Å². The van der Waals surface area contributed by atoms with Crippen LogP contribution in [0, 0.1) is 0 Å². The Morgan fingerprint density at radius 3 is 2.55 bits per heavy atom. The van der Waals surface area contributed by atoms with Gasteiger partial charge in [-0.3, -0.25) is 9.59 Å². The van der Waals surface area contributed by atoms with E-state index in [0.717, 1.165) is 16.8 Å². The maximum atomic E-state index is 12.6.